The molecule has 2 aromatic rings. The Kier molecular flexibility index (Phi) is 3.81. The number of nitrogens with one attached hydrogen (secondary N) is 1. The van der Waals surface area contributed by atoms with Gasteiger partial charge in [0.15, 0.2) is 0 Å². The Morgan fingerprint density at radius 2 is 2.25 bits per heavy atom. The maximum atomic E-state index is 13.3. The van der Waals surface area contributed by atoms with Crippen molar-refractivity contribution >= 4 is 11.6 Å². The van der Waals surface area contributed by atoms with Crippen LogP contribution >= 0.6 is 11.6 Å². The molecule has 0 saturated carbocycles. The number of fused-ring (bicyclic) bond motifs is 1. The summed E-state index contributed by atoms with van der Waals surface area (Å²) < 4.78 is 15.4. The van der Waals surface area contributed by atoms with Gasteiger partial charge in [-0.15, -0.1) is 0 Å². The number of aromatic nitrogens is 1. The van der Waals surface area contributed by atoms with Gasteiger partial charge in [-0.05, 0) is 61.2 Å². The summed E-state index contributed by atoms with van der Waals surface area (Å²) in [6, 6.07) is 4.95. The van der Waals surface area contributed by atoms with E-state index in [-0.39, 0.29) is 5.82 Å². The summed E-state index contributed by atoms with van der Waals surface area (Å²) in [4.78, 5) is 0. The molecule has 20 heavy (non-hydrogen) atoms. The largest absolute Gasteiger partial charge is 0.349 e. The number of rotatable bonds is 3. The predicted octanol–water partition coefficient (Wildman–Crippen LogP) is 3.93. The zero-order valence-electron chi connectivity index (χ0n) is 11.5. The summed E-state index contributed by atoms with van der Waals surface area (Å²) in [6.45, 7) is 0.611. The molecule has 2 nitrogen and oxygen atoms in total. The van der Waals surface area contributed by atoms with Gasteiger partial charge in [-0.2, -0.15) is 0 Å². The second kappa shape index (κ2) is 5.58. The van der Waals surface area contributed by atoms with Crippen LogP contribution in [0.4, 0.5) is 4.39 Å². The molecule has 106 valence electrons. The van der Waals surface area contributed by atoms with Crippen molar-refractivity contribution in [2.24, 2.45) is 0 Å². The fraction of sp³-hybridized carbons (Fsp3) is 0.375. The molecule has 1 aliphatic carbocycles. The SMILES string of the molecule is CNC1CCCc2cn(Cc3cc(F)ccc3Cl)cc21. The lowest BCUT2D eigenvalue weighted by Crippen LogP contribution is -2.20. The average molecular weight is 293 g/mol. The van der Waals surface area contributed by atoms with E-state index in [1.54, 1.807) is 6.07 Å². The minimum Gasteiger partial charge on any atom is -0.349 e. The Labute approximate surface area is 123 Å². The molecule has 1 heterocycles. The molecular formula is C16H18ClFN2. The van der Waals surface area contributed by atoms with E-state index < -0.39 is 0 Å². The van der Waals surface area contributed by atoms with Crippen LogP contribution in [0.15, 0.2) is 30.6 Å². The molecule has 0 saturated heterocycles. The van der Waals surface area contributed by atoms with Crippen LogP contribution in [0.3, 0.4) is 0 Å². The van der Waals surface area contributed by atoms with Crippen molar-refractivity contribution in [2.75, 3.05) is 7.05 Å². The molecule has 0 bridgehead atoms. The number of halogens is 2. The van der Waals surface area contributed by atoms with Crippen molar-refractivity contribution in [2.45, 2.75) is 31.8 Å². The highest BCUT2D eigenvalue weighted by Crippen LogP contribution is 2.30. The zero-order valence-corrected chi connectivity index (χ0v) is 12.3. The minimum absolute atomic E-state index is 0.241. The molecule has 0 fully saturated rings. The van der Waals surface area contributed by atoms with E-state index in [2.05, 4.69) is 22.3 Å². The van der Waals surface area contributed by atoms with Crippen LogP contribution in [0.25, 0.3) is 0 Å². The summed E-state index contributed by atoms with van der Waals surface area (Å²) in [7, 11) is 2.00. The monoisotopic (exact) mass is 292 g/mol. The minimum atomic E-state index is -0.241. The van der Waals surface area contributed by atoms with Gasteiger partial charge < -0.3 is 9.88 Å². The van der Waals surface area contributed by atoms with Crippen LogP contribution in [0, 0.1) is 5.82 Å². The first-order valence-electron chi connectivity index (χ1n) is 6.97. The molecule has 1 atom stereocenters. The zero-order chi connectivity index (χ0) is 14.1. The second-order valence-electron chi connectivity index (χ2n) is 5.38. The number of hydrogen-bond acceptors (Lipinski definition) is 1. The maximum Gasteiger partial charge on any atom is 0.123 e. The first-order valence-corrected chi connectivity index (χ1v) is 7.35. The topological polar surface area (TPSA) is 17.0 Å². The lowest BCUT2D eigenvalue weighted by molar-refractivity contribution is 0.498. The van der Waals surface area contributed by atoms with Crippen LogP contribution in [0.2, 0.25) is 5.02 Å². The molecule has 0 radical (unpaired) electrons. The van der Waals surface area contributed by atoms with Gasteiger partial charge in [0.1, 0.15) is 5.82 Å². The van der Waals surface area contributed by atoms with Crippen molar-refractivity contribution in [3.05, 3.63) is 58.1 Å². The molecule has 0 aliphatic heterocycles. The normalized spacial score (nSPS) is 18.1. The van der Waals surface area contributed by atoms with Crippen molar-refractivity contribution in [3.63, 3.8) is 0 Å². The molecule has 1 unspecified atom stereocenters. The van der Waals surface area contributed by atoms with Crippen molar-refractivity contribution in [3.8, 4) is 0 Å². The third kappa shape index (κ3) is 2.60. The van der Waals surface area contributed by atoms with Gasteiger partial charge >= 0.3 is 0 Å². The van der Waals surface area contributed by atoms with E-state index in [0.717, 1.165) is 12.0 Å². The number of nitrogens with zero attached hydrogens (tertiary/aromatic N) is 1. The molecular weight excluding hydrogens is 275 g/mol. The van der Waals surface area contributed by atoms with E-state index in [9.17, 15) is 4.39 Å². The fourth-order valence-corrected chi connectivity index (χ4v) is 3.18. The van der Waals surface area contributed by atoms with E-state index in [1.807, 2.05) is 7.05 Å². The average Bonchev–Trinajstić information content (AvgIpc) is 2.85. The van der Waals surface area contributed by atoms with Crippen molar-refractivity contribution in [1.29, 1.82) is 0 Å². The Bertz CT molecular complexity index is 621. The Morgan fingerprint density at radius 1 is 1.40 bits per heavy atom. The highest BCUT2D eigenvalue weighted by molar-refractivity contribution is 6.31. The fourth-order valence-electron chi connectivity index (χ4n) is 3.00. The van der Waals surface area contributed by atoms with Crippen LogP contribution in [-0.4, -0.2) is 11.6 Å². The van der Waals surface area contributed by atoms with Gasteiger partial charge in [-0.3, -0.25) is 0 Å². The summed E-state index contributed by atoms with van der Waals surface area (Å²) in [5.41, 5.74) is 3.58. The van der Waals surface area contributed by atoms with E-state index >= 15 is 0 Å². The van der Waals surface area contributed by atoms with Gasteiger partial charge in [0.2, 0.25) is 0 Å². The smallest absolute Gasteiger partial charge is 0.123 e. The van der Waals surface area contributed by atoms with Crippen LogP contribution in [-0.2, 0) is 13.0 Å². The molecule has 1 aromatic carbocycles. The second-order valence-corrected chi connectivity index (χ2v) is 5.79. The van der Waals surface area contributed by atoms with E-state index in [1.165, 1.54) is 36.1 Å². The molecule has 1 N–H and O–H groups in total. The van der Waals surface area contributed by atoms with Gasteiger partial charge in [0.25, 0.3) is 0 Å². The number of aryl methyl sites for hydroxylation is 1. The molecule has 0 spiro atoms. The summed E-state index contributed by atoms with van der Waals surface area (Å²) in [5.74, 6) is -0.241. The van der Waals surface area contributed by atoms with Gasteiger partial charge in [-0.1, -0.05) is 11.6 Å². The van der Waals surface area contributed by atoms with Crippen LogP contribution in [0.1, 0.15) is 35.6 Å². The first-order chi connectivity index (χ1) is 9.67. The lowest BCUT2D eigenvalue weighted by Gasteiger charge is -2.21. The quantitative estimate of drug-likeness (QED) is 0.907. The predicted molar refractivity (Wildman–Crippen MR) is 79.7 cm³/mol. The standard InChI is InChI=1S/C16H18ClFN2/c1-19-16-4-2-3-11-8-20(10-14(11)16)9-12-7-13(18)5-6-15(12)17/h5-8,10,16,19H,2-4,9H2,1H3. The Balaban J connectivity index is 1.88. The molecule has 1 aliphatic rings. The Hall–Kier alpha value is -1.32. The van der Waals surface area contributed by atoms with Crippen LogP contribution < -0.4 is 5.32 Å². The van der Waals surface area contributed by atoms with Gasteiger partial charge in [0, 0.05) is 30.0 Å². The lowest BCUT2D eigenvalue weighted by atomic mass is 9.91. The third-order valence-corrected chi connectivity index (χ3v) is 4.39. The van der Waals surface area contributed by atoms with Gasteiger partial charge in [0.05, 0.1) is 0 Å². The first kappa shape index (κ1) is 13.7. The number of benzene rings is 1. The van der Waals surface area contributed by atoms with Gasteiger partial charge in [-0.25, -0.2) is 4.39 Å². The summed E-state index contributed by atoms with van der Waals surface area (Å²) >= 11 is 6.14. The van der Waals surface area contributed by atoms with E-state index in [0.29, 0.717) is 17.6 Å². The van der Waals surface area contributed by atoms with Crippen molar-refractivity contribution in [1.82, 2.24) is 9.88 Å². The van der Waals surface area contributed by atoms with Crippen LogP contribution in [0.5, 0.6) is 0 Å². The van der Waals surface area contributed by atoms with Crippen molar-refractivity contribution < 1.29 is 4.39 Å². The highest BCUT2D eigenvalue weighted by Gasteiger charge is 2.20. The molecule has 3 rings (SSSR count). The molecule has 4 heteroatoms. The maximum absolute atomic E-state index is 13.3. The Morgan fingerprint density at radius 3 is 3.05 bits per heavy atom. The van der Waals surface area contributed by atoms with E-state index in [4.69, 9.17) is 11.6 Å². The third-order valence-electron chi connectivity index (χ3n) is 4.02. The number of hydrogen-bond donors (Lipinski definition) is 1. The summed E-state index contributed by atoms with van der Waals surface area (Å²) in [6.07, 6.45) is 7.84. The molecule has 1 aromatic heterocycles. The summed E-state index contributed by atoms with van der Waals surface area (Å²) in [5, 5.41) is 3.97. The highest BCUT2D eigenvalue weighted by atomic mass is 35.5. The molecule has 0 amide bonds.